The molecule has 0 saturated heterocycles. The lowest BCUT2D eigenvalue weighted by Crippen LogP contribution is -2.46. The van der Waals surface area contributed by atoms with Crippen molar-refractivity contribution in [2.75, 3.05) is 32.1 Å². The van der Waals surface area contributed by atoms with Gasteiger partial charge >= 0.3 is 0 Å². The molecule has 1 atom stereocenters. The summed E-state index contributed by atoms with van der Waals surface area (Å²) in [6.45, 7) is 7.42. The Balaban J connectivity index is 1.80. The summed E-state index contributed by atoms with van der Waals surface area (Å²) in [7, 11) is 4.04. The molecule has 0 aliphatic rings. The van der Waals surface area contributed by atoms with Gasteiger partial charge < -0.3 is 19.7 Å². The molecule has 1 unspecified atom stereocenters. The van der Waals surface area contributed by atoms with Gasteiger partial charge in [0.2, 0.25) is 11.8 Å². The Kier molecular flexibility index (Phi) is 9.97. The number of nitrogens with one attached hydrogen (secondary N) is 1. The maximum absolute atomic E-state index is 13.7. The highest BCUT2D eigenvalue weighted by Crippen LogP contribution is 2.20. The molecular weight excluding hydrogens is 448 g/mol. The smallest absolute Gasteiger partial charge is 0.242 e. The number of benzene rings is 2. The van der Waals surface area contributed by atoms with Crippen LogP contribution in [0, 0.1) is 0 Å². The van der Waals surface area contributed by atoms with Crippen molar-refractivity contribution >= 4 is 28.4 Å². The van der Waals surface area contributed by atoms with E-state index in [4.69, 9.17) is 0 Å². The quantitative estimate of drug-likeness (QED) is 0.338. The van der Waals surface area contributed by atoms with Gasteiger partial charge in [0.15, 0.2) is 0 Å². The molecule has 0 saturated carbocycles. The zero-order valence-electron chi connectivity index (χ0n) is 22.6. The molecule has 1 heterocycles. The molecule has 1 N–H and O–H groups in total. The number of hydrogen-bond acceptors (Lipinski definition) is 3. The second kappa shape index (κ2) is 13.1. The van der Waals surface area contributed by atoms with E-state index in [1.807, 2.05) is 44.2 Å². The van der Waals surface area contributed by atoms with E-state index < -0.39 is 0 Å². The number of carbonyl (C=O) groups is 2. The summed E-state index contributed by atoms with van der Waals surface area (Å²) >= 11 is 0. The Labute approximate surface area is 216 Å². The molecule has 6 heteroatoms. The number of fused-ring (bicyclic) bond motifs is 1. The predicted molar refractivity (Wildman–Crippen MR) is 149 cm³/mol. The van der Waals surface area contributed by atoms with Gasteiger partial charge in [0.25, 0.3) is 0 Å². The predicted octanol–water partition coefficient (Wildman–Crippen LogP) is 5.62. The highest BCUT2D eigenvalue weighted by Gasteiger charge is 2.24. The lowest BCUT2D eigenvalue weighted by Gasteiger charge is -2.31. The fraction of sp³-hybridized carbons (Fsp3) is 0.467. The zero-order valence-corrected chi connectivity index (χ0v) is 22.6. The molecular formula is C30H42N4O2. The number of carbonyl (C=O) groups excluding carboxylic acids is 2. The number of amides is 2. The molecule has 2 aromatic carbocycles. The minimum absolute atomic E-state index is 0.00308. The second-order valence-electron chi connectivity index (χ2n) is 9.87. The molecule has 3 rings (SSSR count). The zero-order chi connectivity index (χ0) is 26.1. The van der Waals surface area contributed by atoms with Crippen molar-refractivity contribution in [3.63, 3.8) is 0 Å². The third-order valence-corrected chi connectivity index (χ3v) is 7.00. The minimum atomic E-state index is -0.00308. The van der Waals surface area contributed by atoms with E-state index in [0.717, 1.165) is 42.5 Å². The lowest BCUT2D eigenvalue weighted by molar-refractivity contribution is -0.142. The highest BCUT2D eigenvalue weighted by molar-refractivity contribution is 5.85. The lowest BCUT2D eigenvalue weighted by atomic mass is 10.1. The molecule has 2 amide bonds. The average Bonchev–Trinajstić information content (AvgIpc) is 3.31. The Morgan fingerprint density at radius 2 is 1.69 bits per heavy atom. The van der Waals surface area contributed by atoms with Gasteiger partial charge in [0, 0.05) is 62.4 Å². The van der Waals surface area contributed by atoms with Gasteiger partial charge in [-0.15, -0.1) is 0 Å². The monoisotopic (exact) mass is 490 g/mol. The molecule has 1 aromatic heterocycles. The van der Waals surface area contributed by atoms with Crippen LogP contribution in [-0.4, -0.2) is 59.8 Å². The minimum Gasteiger partial charge on any atom is -0.378 e. The molecule has 3 aromatic rings. The van der Waals surface area contributed by atoms with Crippen molar-refractivity contribution in [3.05, 3.63) is 65.9 Å². The van der Waals surface area contributed by atoms with Gasteiger partial charge in [-0.2, -0.15) is 0 Å². The summed E-state index contributed by atoms with van der Waals surface area (Å²) in [5.74, 6) is 0.0724. The van der Waals surface area contributed by atoms with Crippen molar-refractivity contribution in [2.45, 2.75) is 65.5 Å². The average molecular weight is 491 g/mol. The Bertz CT molecular complexity index is 1120. The number of aromatic amines is 1. The highest BCUT2D eigenvalue weighted by atomic mass is 16.2. The molecule has 6 nitrogen and oxygen atoms in total. The number of H-pyrrole nitrogens is 1. The van der Waals surface area contributed by atoms with Gasteiger partial charge in [-0.1, -0.05) is 50.6 Å². The van der Waals surface area contributed by atoms with E-state index in [-0.39, 0.29) is 24.4 Å². The van der Waals surface area contributed by atoms with E-state index >= 15 is 0 Å². The van der Waals surface area contributed by atoms with Crippen LogP contribution in [0.1, 0.15) is 57.6 Å². The first-order chi connectivity index (χ1) is 17.3. The summed E-state index contributed by atoms with van der Waals surface area (Å²) in [6.07, 6.45) is 5.93. The Hall–Kier alpha value is -3.28. The van der Waals surface area contributed by atoms with Crippen LogP contribution in [0.3, 0.4) is 0 Å². The standard InChI is InChI=1S/C30H42N4O2/c1-6-8-13-29(35)34(23(3)7-2)22-30(36)33(21-24-14-16-26(17-15-24)32(4)5)19-18-25-20-31-28-12-10-9-11-27(25)28/h9-12,14-17,20,23,31H,6-8,13,18-19,21-22H2,1-5H3. The van der Waals surface area contributed by atoms with Crippen molar-refractivity contribution in [1.29, 1.82) is 0 Å². The molecule has 0 aliphatic carbocycles. The first-order valence-corrected chi connectivity index (χ1v) is 13.2. The van der Waals surface area contributed by atoms with Crippen LogP contribution in [0.4, 0.5) is 5.69 Å². The Morgan fingerprint density at radius 3 is 2.36 bits per heavy atom. The maximum atomic E-state index is 13.7. The molecule has 194 valence electrons. The number of unbranched alkanes of at least 4 members (excludes halogenated alkanes) is 1. The summed E-state index contributed by atoms with van der Waals surface area (Å²) in [6, 6.07) is 16.6. The first kappa shape index (κ1) is 27.3. The van der Waals surface area contributed by atoms with E-state index in [0.29, 0.717) is 19.5 Å². The van der Waals surface area contributed by atoms with Crippen LogP contribution in [0.25, 0.3) is 10.9 Å². The second-order valence-corrected chi connectivity index (χ2v) is 9.87. The molecule has 0 bridgehead atoms. The fourth-order valence-electron chi connectivity index (χ4n) is 4.43. The first-order valence-electron chi connectivity index (χ1n) is 13.2. The molecule has 0 spiro atoms. The summed E-state index contributed by atoms with van der Waals surface area (Å²) < 4.78 is 0. The topological polar surface area (TPSA) is 59.7 Å². The van der Waals surface area contributed by atoms with Crippen molar-refractivity contribution in [3.8, 4) is 0 Å². The molecule has 36 heavy (non-hydrogen) atoms. The molecule has 0 aliphatic heterocycles. The van der Waals surface area contributed by atoms with Crippen LogP contribution >= 0.6 is 0 Å². The van der Waals surface area contributed by atoms with Crippen LogP contribution in [0.15, 0.2) is 54.7 Å². The van der Waals surface area contributed by atoms with E-state index in [1.165, 1.54) is 10.9 Å². The van der Waals surface area contributed by atoms with Gasteiger partial charge in [-0.3, -0.25) is 9.59 Å². The summed E-state index contributed by atoms with van der Waals surface area (Å²) in [5.41, 5.74) is 4.51. The van der Waals surface area contributed by atoms with Crippen LogP contribution in [0.5, 0.6) is 0 Å². The number of para-hydroxylation sites is 1. The molecule has 0 radical (unpaired) electrons. The third-order valence-electron chi connectivity index (χ3n) is 7.00. The number of hydrogen-bond donors (Lipinski definition) is 1. The SMILES string of the molecule is CCCCC(=O)N(CC(=O)N(CCc1c[nH]c2ccccc12)Cc1ccc(N(C)C)cc1)C(C)CC. The number of aromatic nitrogens is 1. The van der Waals surface area contributed by atoms with Gasteiger partial charge in [0.1, 0.15) is 0 Å². The van der Waals surface area contributed by atoms with Crippen molar-refractivity contribution in [2.24, 2.45) is 0 Å². The van der Waals surface area contributed by atoms with Crippen LogP contribution in [-0.2, 0) is 22.6 Å². The Morgan fingerprint density at radius 1 is 0.972 bits per heavy atom. The maximum Gasteiger partial charge on any atom is 0.242 e. The van der Waals surface area contributed by atoms with Crippen LogP contribution in [0.2, 0.25) is 0 Å². The normalized spacial score (nSPS) is 11.9. The van der Waals surface area contributed by atoms with E-state index in [1.54, 1.807) is 4.90 Å². The van der Waals surface area contributed by atoms with Gasteiger partial charge in [-0.25, -0.2) is 0 Å². The number of nitrogens with zero attached hydrogens (tertiary/aromatic N) is 3. The fourth-order valence-corrected chi connectivity index (χ4v) is 4.43. The van der Waals surface area contributed by atoms with Gasteiger partial charge in [-0.05, 0) is 55.5 Å². The van der Waals surface area contributed by atoms with Crippen LogP contribution < -0.4 is 4.90 Å². The largest absolute Gasteiger partial charge is 0.378 e. The van der Waals surface area contributed by atoms with Gasteiger partial charge in [0.05, 0.1) is 6.54 Å². The van der Waals surface area contributed by atoms with E-state index in [2.05, 4.69) is 60.1 Å². The number of anilines is 1. The van der Waals surface area contributed by atoms with Crippen molar-refractivity contribution in [1.82, 2.24) is 14.8 Å². The summed E-state index contributed by atoms with van der Waals surface area (Å²) in [4.78, 5) is 35.7. The number of rotatable bonds is 13. The van der Waals surface area contributed by atoms with Crippen molar-refractivity contribution < 1.29 is 9.59 Å². The van der Waals surface area contributed by atoms with E-state index in [9.17, 15) is 9.59 Å². The summed E-state index contributed by atoms with van der Waals surface area (Å²) in [5, 5.41) is 1.19. The third kappa shape index (κ3) is 7.12. The molecule has 0 fully saturated rings.